The molecule has 0 unspecified atom stereocenters. The van der Waals surface area contributed by atoms with Crippen molar-refractivity contribution < 1.29 is 4.79 Å². The Morgan fingerprint density at radius 3 is 2.68 bits per heavy atom. The van der Waals surface area contributed by atoms with Gasteiger partial charge in [0.15, 0.2) is 6.04 Å². The average Bonchev–Trinajstić information content (AvgIpc) is 3.23. The Morgan fingerprint density at radius 1 is 1.24 bits per heavy atom. The van der Waals surface area contributed by atoms with Crippen molar-refractivity contribution in [3.8, 4) is 0 Å². The van der Waals surface area contributed by atoms with Gasteiger partial charge in [-0.15, -0.1) is 5.10 Å². The number of tetrazole rings is 1. The number of carbonyl (C=O) groups is 1. The van der Waals surface area contributed by atoms with E-state index in [0.29, 0.717) is 6.54 Å². The Bertz CT molecular complexity index is 811. The van der Waals surface area contributed by atoms with Crippen molar-refractivity contribution in [1.82, 2.24) is 35.3 Å². The van der Waals surface area contributed by atoms with Crippen LogP contribution in [0.1, 0.15) is 29.4 Å². The smallest absolute Gasteiger partial charge is 0.249 e. The highest BCUT2D eigenvalue weighted by Crippen LogP contribution is 2.16. The Hall–Kier alpha value is -3.03. The lowest BCUT2D eigenvalue weighted by Gasteiger charge is -2.16. The predicted octanol–water partition coefficient (Wildman–Crippen LogP) is 1.28. The van der Waals surface area contributed by atoms with Gasteiger partial charge in [-0.1, -0.05) is 30.3 Å². The molecule has 0 aliphatic heterocycles. The molecule has 1 amide bonds. The first-order valence-electron chi connectivity index (χ1n) is 8.21. The third-order valence-corrected chi connectivity index (χ3v) is 3.94. The molecule has 0 aliphatic rings. The summed E-state index contributed by atoms with van der Waals surface area (Å²) in [6.45, 7) is 5.33. The molecule has 0 saturated carbocycles. The van der Waals surface area contributed by atoms with Gasteiger partial charge in [-0.2, -0.15) is 5.10 Å². The Kier molecular flexibility index (Phi) is 5.17. The number of benzene rings is 1. The molecule has 3 rings (SSSR count). The fourth-order valence-corrected chi connectivity index (χ4v) is 2.78. The van der Waals surface area contributed by atoms with Gasteiger partial charge in [0.1, 0.15) is 6.33 Å². The van der Waals surface area contributed by atoms with Crippen LogP contribution in [0, 0.1) is 13.8 Å². The topological polar surface area (TPSA) is 90.5 Å². The first kappa shape index (κ1) is 16.8. The molecule has 0 bridgehead atoms. The van der Waals surface area contributed by atoms with Crippen molar-refractivity contribution in [3.63, 3.8) is 0 Å². The highest BCUT2D eigenvalue weighted by molar-refractivity contribution is 5.83. The fraction of sp³-hybridized carbons (Fsp3) is 0.353. The highest BCUT2D eigenvalue weighted by Gasteiger charge is 2.23. The number of carbonyl (C=O) groups excluding carboxylic acids is 1. The molecule has 0 fully saturated rings. The van der Waals surface area contributed by atoms with E-state index in [1.54, 1.807) is 0 Å². The second kappa shape index (κ2) is 7.69. The van der Waals surface area contributed by atoms with E-state index in [9.17, 15) is 4.79 Å². The zero-order valence-electron chi connectivity index (χ0n) is 14.3. The maximum atomic E-state index is 12.7. The summed E-state index contributed by atoms with van der Waals surface area (Å²) in [6.07, 6.45) is 2.25. The molecule has 2 aromatic heterocycles. The van der Waals surface area contributed by atoms with Gasteiger partial charge >= 0.3 is 0 Å². The SMILES string of the molecule is Cc1cc(C)n(CCCNC(=O)[C@H](c2ccccc2)n2cnnn2)n1. The number of nitrogens with zero attached hydrogens (tertiary/aromatic N) is 6. The van der Waals surface area contributed by atoms with Crippen LogP contribution < -0.4 is 5.32 Å². The van der Waals surface area contributed by atoms with E-state index in [1.807, 2.05) is 54.9 Å². The Balaban J connectivity index is 1.60. The third kappa shape index (κ3) is 4.09. The van der Waals surface area contributed by atoms with E-state index in [2.05, 4.69) is 25.9 Å². The van der Waals surface area contributed by atoms with Crippen molar-refractivity contribution in [1.29, 1.82) is 0 Å². The summed E-state index contributed by atoms with van der Waals surface area (Å²) in [4.78, 5) is 12.7. The van der Waals surface area contributed by atoms with Crippen LogP contribution in [0.25, 0.3) is 0 Å². The molecule has 0 radical (unpaired) electrons. The van der Waals surface area contributed by atoms with Crippen LogP contribution in [0.5, 0.6) is 0 Å². The van der Waals surface area contributed by atoms with Crippen molar-refractivity contribution in [3.05, 3.63) is 59.7 Å². The third-order valence-electron chi connectivity index (χ3n) is 3.94. The number of aromatic nitrogens is 6. The number of rotatable bonds is 7. The van der Waals surface area contributed by atoms with Gasteiger partial charge < -0.3 is 5.32 Å². The van der Waals surface area contributed by atoms with Gasteiger partial charge in [0, 0.05) is 18.8 Å². The highest BCUT2D eigenvalue weighted by atomic mass is 16.2. The van der Waals surface area contributed by atoms with Crippen LogP contribution in [0.15, 0.2) is 42.7 Å². The molecule has 25 heavy (non-hydrogen) atoms. The lowest BCUT2D eigenvalue weighted by Crippen LogP contribution is -2.34. The number of nitrogens with one attached hydrogen (secondary N) is 1. The molecule has 1 aromatic carbocycles. The minimum atomic E-state index is -0.579. The molecule has 0 spiro atoms. The van der Waals surface area contributed by atoms with Crippen LogP contribution in [0.2, 0.25) is 0 Å². The van der Waals surface area contributed by atoms with Crippen LogP contribution in [-0.2, 0) is 11.3 Å². The normalized spacial score (nSPS) is 12.1. The lowest BCUT2D eigenvalue weighted by molar-refractivity contribution is -0.123. The minimum Gasteiger partial charge on any atom is -0.354 e. The standard InChI is InChI=1S/C17H21N7O/c1-13-11-14(2)23(20-13)10-6-9-18-17(25)16(24-12-19-21-22-24)15-7-4-3-5-8-15/h3-5,7-8,11-12,16H,6,9-10H2,1-2H3,(H,18,25)/t16-/m0/s1. The van der Waals surface area contributed by atoms with E-state index in [0.717, 1.165) is 29.9 Å². The fourth-order valence-electron chi connectivity index (χ4n) is 2.78. The van der Waals surface area contributed by atoms with Crippen molar-refractivity contribution in [2.75, 3.05) is 6.54 Å². The largest absolute Gasteiger partial charge is 0.354 e. The van der Waals surface area contributed by atoms with Gasteiger partial charge in [-0.05, 0) is 42.3 Å². The molecule has 1 N–H and O–H groups in total. The number of aryl methyl sites for hydroxylation is 3. The molecule has 130 valence electrons. The summed E-state index contributed by atoms with van der Waals surface area (Å²) in [5.74, 6) is -0.133. The summed E-state index contributed by atoms with van der Waals surface area (Å²) < 4.78 is 3.42. The second-order valence-corrected chi connectivity index (χ2v) is 5.90. The molecule has 0 aliphatic carbocycles. The van der Waals surface area contributed by atoms with E-state index >= 15 is 0 Å². The molecule has 2 heterocycles. The van der Waals surface area contributed by atoms with Crippen LogP contribution in [0.3, 0.4) is 0 Å². The van der Waals surface area contributed by atoms with Gasteiger partial charge in [-0.25, -0.2) is 4.68 Å². The van der Waals surface area contributed by atoms with Crippen LogP contribution in [0.4, 0.5) is 0 Å². The van der Waals surface area contributed by atoms with Gasteiger partial charge in [0.2, 0.25) is 5.91 Å². The predicted molar refractivity (Wildman–Crippen MR) is 91.7 cm³/mol. The summed E-state index contributed by atoms with van der Waals surface area (Å²) in [6, 6.07) is 10.9. The molecular weight excluding hydrogens is 318 g/mol. The van der Waals surface area contributed by atoms with Crippen molar-refractivity contribution in [2.45, 2.75) is 32.9 Å². The minimum absolute atomic E-state index is 0.133. The number of hydrogen-bond donors (Lipinski definition) is 1. The lowest BCUT2D eigenvalue weighted by atomic mass is 10.1. The average molecular weight is 339 g/mol. The van der Waals surface area contributed by atoms with Crippen LogP contribution in [-0.4, -0.2) is 42.4 Å². The van der Waals surface area contributed by atoms with Crippen molar-refractivity contribution >= 4 is 5.91 Å². The summed E-state index contributed by atoms with van der Waals surface area (Å²) in [5, 5.41) is 18.6. The zero-order valence-corrected chi connectivity index (χ0v) is 14.3. The van der Waals surface area contributed by atoms with Gasteiger partial charge in [0.25, 0.3) is 0 Å². The van der Waals surface area contributed by atoms with E-state index < -0.39 is 6.04 Å². The first-order chi connectivity index (χ1) is 12.1. The Labute approximate surface area is 145 Å². The maximum Gasteiger partial charge on any atom is 0.249 e. The summed E-state index contributed by atoms with van der Waals surface area (Å²) in [5.41, 5.74) is 2.97. The summed E-state index contributed by atoms with van der Waals surface area (Å²) in [7, 11) is 0. The van der Waals surface area contributed by atoms with E-state index in [1.165, 1.54) is 11.0 Å². The molecular formula is C17H21N7O. The van der Waals surface area contributed by atoms with Crippen LogP contribution >= 0.6 is 0 Å². The molecule has 0 saturated heterocycles. The Morgan fingerprint density at radius 2 is 2.04 bits per heavy atom. The number of amides is 1. The molecule has 1 atom stereocenters. The quantitative estimate of drug-likeness (QED) is 0.655. The molecule has 8 heteroatoms. The second-order valence-electron chi connectivity index (χ2n) is 5.90. The van der Waals surface area contributed by atoms with Crippen molar-refractivity contribution in [2.24, 2.45) is 0 Å². The number of hydrogen-bond acceptors (Lipinski definition) is 5. The molecule has 8 nitrogen and oxygen atoms in total. The zero-order chi connectivity index (χ0) is 17.6. The molecule has 3 aromatic rings. The maximum absolute atomic E-state index is 12.7. The van der Waals surface area contributed by atoms with E-state index in [-0.39, 0.29) is 5.91 Å². The van der Waals surface area contributed by atoms with Gasteiger partial charge in [0.05, 0.1) is 5.69 Å². The van der Waals surface area contributed by atoms with E-state index in [4.69, 9.17) is 0 Å². The van der Waals surface area contributed by atoms with Gasteiger partial charge in [-0.3, -0.25) is 9.48 Å². The summed E-state index contributed by atoms with van der Waals surface area (Å²) >= 11 is 0. The first-order valence-corrected chi connectivity index (χ1v) is 8.21. The monoisotopic (exact) mass is 339 g/mol.